The van der Waals surface area contributed by atoms with Crippen LogP contribution in [0.3, 0.4) is 0 Å². The number of rotatable bonds is 5. The molecule has 0 saturated carbocycles. The van der Waals surface area contributed by atoms with E-state index in [-0.39, 0.29) is 0 Å². The maximum atomic E-state index is 11.8. The summed E-state index contributed by atoms with van der Waals surface area (Å²) in [5.74, 6) is 0.969. The molecule has 8 heteroatoms. The highest BCUT2D eigenvalue weighted by atomic mass is 32.1. The highest BCUT2D eigenvalue weighted by Crippen LogP contribution is 2.37. The van der Waals surface area contributed by atoms with E-state index in [0.717, 1.165) is 53.3 Å². The predicted octanol–water partition coefficient (Wildman–Crippen LogP) is 4.24. The molecule has 1 aliphatic heterocycles. The molecule has 0 atom stereocenters. The maximum Gasteiger partial charge on any atom is 0.250 e. The lowest BCUT2D eigenvalue weighted by molar-refractivity contribution is 0.100. The van der Waals surface area contributed by atoms with Gasteiger partial charge in [0, 0.05) is 25.5 Å². The summed E-state index contributed by atoms with van der Waals surface area (Å²) < 4.78 is 4.52. The summed E-state index contributed by atoms with van der Waals surface area (Å²) in [5.41, 5.74) is 9.86. The molecule has 0 unspecified atom stereocenters. The molecule has 3 N–H and O–H groups in total. The third-order valence-electron chi connectivity index (χ3n) is 5.78. The Bertz CT molecular complexity index is 1290. The minimum atomic E-state index is -0.484. The number of hydrogen-bond acceptors (Lipinski definition) is 7. The van der Waals surface area contributed by atoms with Crippen molar-refractivity contribution in [3.05, 3.63) is 65.4 Å². The summed E-state index contributed by atoms with van der Waals surface area (Å²) in [6.07, 6.45) is 3.10. The Morgan fingerprint density at radius 2 is 1.97 bits per heavy atom. The maximum absolute atomic E-state index is 11.8. The average molecular weight is 445 g/mol. The van der Waals surface area contributed by atoms with E-state index < -0.39 is 5.91 Å². The van der Waals surface area contributed by atoms with Crippen LogP contribution in [0.5, 0.6) is 0 Å². The largest absolute Gasteiger partial charge is 0.370 e. The Hall–Kier alpha value is -3.52. The smallest absolute Gasteiger partial charge is 0.250 e. The van der Waals surface area contributed by atoms with Crippen molar-refractivity contribution in [2.24, 2.45) is 5.73 Å². The first-order chi connectivity index (χ1) is 15.6. The van der Waals surface area contributed by atoms with Gasteiger partial charge in [-0.15, -0.1) is 0 Å². The quantitative estimate of drug-likeness (QED) is 0.478. The van der Waals surface area contributed by atoms with E-state index in [9.17, 15) is 4.79 Å². The number of carbonyl (C=O) groups is 1. The number of primary amides is 1. The Morgan fingerprint density at radius 1 is 1.12 bits per heavy atom. The second kappa shape index (κ2) is 8.55. The number of amides is 1. The van der Waals surface area contributed by atoms with Gasteiger partial charge in [-0.2, -0.15) is 4.37 Å². The standard InChI is InChI=1S/C24H24N6OS/c1-30-13-6-5-12-18-20(30)23(26-14-15-8-3-2-4-9-15)28-24(27-18)21-16-10-7-11-17(22(25)31)19(16)29-32-21/h2-4,7-11H,5-6,12-14H2,1H3,(H2,25,31)(H,26,27,28). The first-order valence-corrected chi connectivity index (χ1v) is 11.5. The van der Waals surface area contributed by atoms with E-state index in [2.05, 4.69) is 33.8 Å². The van der Waals surface area contributed by atoms with E-state index in [1.54, 1.807) is 6.07 Å². The first-order valence-electron chi connectivity index (χ1n) is 10.7. The van der Waals surface area contributed by atoms with Gasteiger partial charge in [-0.3, -0.25) is 4.79 Å². The van der Waals surface area contributed by atoms with Crippen molar-refractivity contribution in [3.63, 3.8) is 0 Å². The van der Waals surface area contributed by atoms with Gasteiger partial charge in [-0.1, -0.05) is 42.5 Å². The van der Waals surface area contributed by atoms with Crippen LogP contribution in [0.15, 0.2) is 48.5 Å². The van der Waals surface area contributed by atoms with Crippen LogP contribution in [0.2, 0.25) is 0 Å². The molecular formula is C24H24N6OS. The van der Waals surface area contributed by atoms with Crippen LogP contribution in [0.4, 0.5) is 11.5 Å². The molecule has 0 aliphatic carbocycles. The van der Waals surface area contributed by atoms with Gasteiger partial charge in [-0.25, -0.2) is 9.97 Å². The van der Waals surface area contributed by atoms with Crippen LogP contribution in [0, 0.1) is 0 Å². The van der Waals surface area contributed by atoms with Crippen LogP contribution < -0.4 is 16.0 Å². The molecular weight excluding hydrogens is 420 g/mol. The monoisotopic (exact) mass is 444 g/mol. The van der Waals surface area contributed by atoms with Gasteiger partial charge in [0.15, 0.2) is 11.6 Å². The number of hydrogen-bond donors (Lipinski definition) is 2. The van der Waals surface area contributed by atoms with Gasteiger partial charge < -0.3 is 16.0 Å². The van der Waals surface area contributed by atoms with Crippen molar-refractivity contribution in [2.45, 2.75) is 25.8 Å². The molecule has 4 aromatic rings. The number of nitrogens with two attached hydrogens (primary N) is 1. The summed E-state index contributed by atoms with van der Waals surface area (Å²) in [6, 6.07) is 15.8. The molecule has 2 aromatic carbocycles. The highest BCUT2D eigenvalue weighted by molar-refractivity contribution is 7.11. The third kappa shape index (κ3) is 3.78. The Labute approximate surface area is 190 Å². The van der Waals surface area contributed by atoms with Crippen molar-refractivity contribution in [3.8, 4) is 10.7 Å². The minimum absolute atomic E-state index is 0.418. The Balaban J connectivity index is 1.62. The number of benzene rings is 2. The molecule has 2 aromatic heterocycles. The lowest BCUT2D eigenvalue weighted by Crippen LogP contribution is -2.21. The molecule has 0 radical (unpaired) electrons. The highest BCUT2D eigenvalue weighted by Gasteiger charge is 2.23. The molecule has 1 amide bonds. The van der Waals surface area contributed by atoms with E-state index >= 15 is 0 Å². The van der Waals surface area contributed by atoms with E-state index in [1.165, 1.54) is 17.1 Å². The molecule has 1 aliphatic rings. The Kier molecular flexibility index (Phi) is 5.45. The summed E-state index contributed by atoms with van der Waals surface area (Å²) >= 11 is 1.30. The van der Waals surface area contributed by atoms with Crippen molar-refractivity contribution in [1.82, 2.24) is 14.3 Å². The van der Waals surface area contributed by atoms with Crippen molar-refractivity contribution in [1.29, 1.82) is 0 Å². The zero-order valence-electron chi connectivity index (χ0n) is 17.8. The number of carbonyl (C=O) groups excluding carboxylic acids is 1. The van der Waals surface area contributed by atoms with E-state index in [0.29, 0.717) is 23.4 Å². The molecule has 0 spiro atoms. The van der Waals surface area contributed by atoms with Crippen LogP contribution in [0.1, 0.15) is 34.5 Å². The van der Waals surface area contributed by atoms with Gasteiger partial charge in [-0.05, 0) is 42.4 Å². The second-order valence-corrected chi connectivity index (χ2v) is 8.76. The number of fused-ring (bicyclic) bond motifs is 2. The molecule has 0 bridgehead atoms. The molecule has 162 valence electrons. The van der Waals surface area contributed by atoms with Gasteiger partial charge in [0.25, 0.3) is 5.91 Å². The summed E-state index contributed by atoms with van der Waals surface area (Å²) in [6.45, 7) is 1.65. The van der Waals surface area contributed by atoms with Crippen LogP contribution in [-0.4, -0.2) is 33.8 Å². The topological polar surface area (TPSA) is 97.0 Å². The fraction of sp³-hybridized carbons (Fsp3) is 0.250. The molecule has 5 rings (SSSR count). The number of anilines is 2. The summed E-state index contributed by atoms with van der Waals surface area (Å²) in [4.78, 5) is 24.9. The number of nitrogens with one attached hydrogen (secondary N) is 1. The average Bonchev–Trinajstić information content (AvgIpc) is 3.15. The van der Waals surface area contributed by atoms with Crippen LogP contribution in [-0.2, 0) is 13.0 Å². The fourth-order valence-electron chi connectivity index (χ4n) is 4.16. The van der Waals surface area contributed by atoms with Gasteiger partial charge in [0.2, 0.25) is 0 Å². The third-order valence-corrected chi connectivity index (χ3v) is 6.63. The minimum Gasteiger partial charge on any atom is -0.370 e. The molecule has 3 heterocycles. The molecule has 7 nitrogen and oxygen atoms in total. The zero-order valence-corrected chi connectivity index (χ0v) is 18.7. The van der Waals surface area contributed by atoms with Crippen molar-refractivity contribution < 1.29 is 4.79 Å². The molecule has 0 saturated heterocycles. The number of nitrogens with zero attached hydrogens (tertiary/aromatic N) is 4. The van der Waals surface area contributed by atoms with Crippen LogP contribution in [0.25, 0.3) is 21.6 Å². The van der Waals surface area contributed by atoms with Crippen molar-refractivity contribution in [2.75, 3.05) is 23.8 Å². The van der Waals surface area contributed by atoms with Gasteiger partial charge in [0.05, 0.1) is 16.8 Å². The lowest BCUT2D eigenvalue weighted by Gasteiger charge is -2.23. The zero-order chi connectivity index (χ0) is 22.1. The molecule has 32 heavy (non-hydrogen) atoms. The van der Waals surface area contributed by atoms with Crippen LogP contribution >= 0.6 is 11.5 Å². The molecule has 0 fully saturated rings. The SMILES string of the molecule is CN1CCCCc2nc(-c3snc4c(C(N)=O)cccc34)nc(NCc3ccccc3)c21. The second-order valence-electron chi connectivity index (χ2n) is 7.99. The lowest BCUT2D eigenvalue weighted by atomic mass is 10.1. The summed E-state index contributed by atoms with van der Waals surface area (Å²) in [5, 5.41) is 4.39. The predicted molar refractivity (Wildman–Crippen MR) is 129 cm³/mol. The van der Waals surface area contributed by atoms with E-state index in [1.807, 2.05) is 30.3 Å². The normalized spacial score (nSPS) is 13.6. The Morgan fingerprint density at radius 3 is 2.78 bits per heavy atom. The number of aromatic nitrogens is 3. The van der Waals surface area contributed by atoms with E-state index in [4.69, 9.17) is 15.7 Å². The van der Waals surface area contributed by atoms with Crippen molar-refractivity contribution >= 4 is 39.8 Å². The van der Waals surface area contributed by atoms with Gasteiger partial charge in [0.1, 0.15) is 10.6 Å². The van der Waals surface area contributed by atoms with Gasteiger partial charge >= 0.3 is 0 Å². The number of aryl methyl sites for hydroxylation is 1. The fourth-order valence-corrected chi connectivity index (χ4v) is 4.98. The first kappa shape index (κ1) is 20.4. The summed E-state index contributed by atoms with van der Waals surface area (Å²) in [7, 11) is 2.10.